The highest BCUT2D eigenvalue weighted by atomic mass is 127. The second kappa shape index (κ2) is 6.84. The lowest BCUT2D eigenvalue weighted by atomic mass is 10.0. The summed E-state index contributed by atoms with van der Waals surface area (Å²) in [4.78, 5) is 30.5. The molecular weight excluding hydrogens is 443 g/mol. The van der Waals surface area contributed by atoms with Crippen LogP contribution in [0.3, 0.4) is 0 Å². The Labute approximate surface area is 167 Å². The van der Waals surface area contributed by atoms with Gasteiger partial charge in [-0.25, -0.2) is 0 Å². The van der Waals surface area contributed by atoms with Gasteiger partial charge in [-0.1, -0.05) is 35.2 Å². The van der Waals surface area contributed by atoms with Crippen LogP contribution in [0.5, 0.6) is 0 Å². The zero-order valence-electron chi connectivity index (χ0n) is 14.9. The van der Waals surface area contributed by atoms with Gasteiger partial charge in [0.2, 0.25) is 11.8 Å². The maximum atomic E-state index is 12.2. The number of fused-ring (bicyclic) bond motifs is 1. The van der Waals surface area contributed by atoms with Crippen LogP contribution < -0.4 is 10.2 Å². The van der Waals surface area contributed by atoms with Crippen molar-refractivity contribution in [1.29, 1.82) is 0 Å². The van der Waals surface area contributed by atoms with Gasteiger partial charge in [-0.05, 0) is 31.2 Å². The van der Waals surface area contributed by atoms with Gasteiger partial charge in [0, 0.05) is 49.5 Å². The number of piperidine rings is 1. The van der Waals surface area contributed by atoms with E-state index in [0.29, 0.717) is 23.4 Å². The molecule has 3 aliphatic rings. The molecule has 2 unspecified atom stereocenters. The van der Waals surface area contributed by atoms with E-state index in [1.807, 2.05) is 4.90 Å². The number of hydrogen-bond acceptors (Lipinski definition) is 5. The lowest BCUT2D eigenvalue weighted by Crippen LogP contribution is -2.50. The average molecular weight is 466 g/mol. The van der Waals surface area contributed by atoms with E-state index in [4.69, 9.17) is 0 Å². The first-order valence-corrected chi connectivity index (χ1v) is 10.2. The van der Waals surface area contributed by atoms with E-state index in [1.54, 1.807) is 0 Å². The van der Waals surface area contributed by atoms with Crippen molar-refractivity contribution < 1.29 is 9.59 Å². The summed E-state index contributed by atoms with van der Waals surface area (Å²) in [5, 5.41) is 2.45. The average Bonchev–Trinajstić information content (AvgIpc) is 2.93. The van der Waals surface area contributed by atoms with Gasteiger partial charge in [-0.3, -0.25) is 19.8 Å². The fraction of sp³-hybridized carbons (Fsp3) is 0.474. The molecule has 2 amide bonds. The van der Waals surface area contributed by atoms with Crippen LogP contribution in [0.1, 0.15) is 24.0 Å². The molecule has 2 fully saturated rings. The van der Waals surface area contributed by atoms with E-state index < -0.39 is 0 Å². The fourth-order valence-electron chi connectivity index (χ4n) is 3.97. The summed E-state index contributed by atoms with van der Waals surface area (Å²) in [6.07, 6.45) is 0.944. The number of amides is 2. The Morgan fingerprint density at radius 2 is 2.08 bits per heavy atom. The topological polar surface area (TPSA) is 55.9 Å². The predicted molar refractivity (Wildman–Crippen MR) is 110 cm³/mol. The Hall–Kier alpha value is -1.61. The van der Waals surface area contributed by atoms with Crippen LogP contribution in [0.15, 0.2) is 24.8 Å². The number of anilines is 1. The molecular formula is C19H23IN4O2. The molecule has 0 saturated carbocycles. The maximum absolute atomic E-state index is 12.2. The van der Waals surface area contributed by atoms with Gasteiger partial charge < -0.3 is 9.80 Å². The van der Waals surface area contributed by atoms with Crippen molar-refractivity contribution in [3.63, 3.8) is 0 Å². The van der Waals surface area contributed by atoms with E-state index in [1.165, 1.54) is 11.3 Å². The minimum atomic E-state index is -0.307. The Morgan fingerprint density at radius 3 is 2.81 bits per heavy atom. The first-order chi connectivity index (χ1) is 12.4. The number of carbonyl (C=O) groups is 2. The van der Waals surface area contributed by atoms with Crippen LogP contribution in [0, 0.1) is 0 Å². The number of likely N-dealkylation sites (N-methyl/N-ethyl adjacent to an activating group) is 1. The Morgan fingerprint density at radius 1 is 1.27 bits per heavy atom. The summed E-state index contributed by atoms with van der Waals surface area (Å²) in [7, 11) is 2.17. The first kappa shape index (κ1) is 17.8. The first-order valence-electron chi connectivity index (χ1n) is 8.96. The molecule has 2 saturated heterocycles. The van der Waals surface area contributed by atoms with Crippen LogP contribution in [0.2, 0.25) is 0 Å². The largest absolute Gasteiger partial charge is 0.368 e. The minimum Gasteiger partial charge on any atom is -0.368 e. The molecule has 7 heteroatoms. The van der Waals surface area contributed by atoms with Crippen molar-refractivity contribution in [3.05, 3.63) is 35.9 Å². The molecule has 0 bridgehead atoms. The van der Waals surface area contributed by atoms with Crippen molar-refractivity contribution in [1.82, 2.24) is 15.1 Å². The van der Waals surface area contributed by atoms with E-state index in [-0.39, 0.29) is 17.9 Å². The molecule has 0 aliphatic carbocycles. The van der Waals surface area contributed by atoms with Crippen LogP contribution in [-0.2, 0) is 16.1 Å². The standard InChI is InChI=1S/C19H23IN4O2/c1-12-15-4-3-14(23-8-7-22(2)17(20)11-23)9-13(15)10-24(12)16-5-6-18(25)21-19(16)26/h3-4,9,16-17H,1,5-8,10-11H2,2H3,(H,21,25,26). The van der Waals surface area contributed by atoms with E-state index >= 15 is 0 Å². The van der Waals surface area contributed by atoms with Crippen molar-refractivity contribution in [2.45, 2.75) is 29.5 Å². The zero-order chi connectivity index (χ0) is 18.4. The lowest BCUT2D eigenvalue weighted by molar-refractivity contribution is -0.136. The molecule has 3 heterocycles. The molecule has 1 aromatic rings. The number of rotatable bonds is 2. The van der Waals surface area contributed by atoms with Gasteiger partial charge >= 0.3 is 0 Å². The van der Waals surface area contributed by atoms with Gasteiger partial charge in [-0.2, -0.15) is 0 Å². The number of imide groups is 1. The molecule has 26 heavy (non-hydrogen) atoms. The Kier molecular flexibility index (Phi) is 4.68. The zero-order valence-corrected chi connectivity index (χ0v) is 17.0. The number of piperazine rings is 1. The third-order valence-corrected chi connectivity index (χ3v) is 6.96. The molecule has 6 nitrogen and oxygen atoms in total. The summed E-state index contributed by atoms with van der Waals surface area (Å²) in [5.74, 6) is -0.387. The van der Waals surface area contributed by atoms with Crippen LogP contribution >= 0.6 is 22.6 Å². The highest BCUT2D eigenvalue weighted by Gasteiger charge is 2.36. The van der Waals surface area contributed by atoms with Gasteiger partial charge in [0.1, 0.15) is 6.04 Å². The van der Waals surface area contributed by atoms with Crippen molar-refractivity contribution in [3.8, 4) is 0 Å². The number of nitrogens with one attached hydrogen (secondary N) is 1. The van der Waals surface area contributed by atoms with Crippen molar-refractivity contribution in [2.24, 2.45) is 0 Å². The molecule has 0 aromatic heterocycles. The number of halogens is 1. The minimum absolute atomic E-state index is 0.181. The number of benzene rings is 1. The highest BCUT2D eigenvalue weighted by molar-refractivity contribution is 14.1. The third-order valence-electron chi connectivity index (χ3n) is 5.61. The van der Waals surface area contributed by atoms with E-state index in [2.05, 4.69) is 69.5 Å². The fourth-order valence-corrected chi connectivity index (χ4v) is 4.72. The molecule has 4 rings (SSSR count). The van der Waals surface area contributed by atoms with Gasteiger partial charge in [0.05, 0.1) is 4.05 Å². The molecule has 138 valence electrons. The van der Waals surface area contributed by atoms with Crippen molar-refractivity contribution >= 4 is 45.8 Å². The molecule has 2 atom stereocenters. The van der Waals surface area contributed by atoms with Gasteiger partial charge in [0.15, 0.2) is 0 Å². The molecule has 0 radical (unpaired) electrons. The van der Waals surface area contributed by atoms with E-state index in [9.17, 15) is 9.59 Å². The normalized spacial score (nSPS) is 26.9. The molecule has 1 aromatic carbocycles. The maximum Gasteiger partial charge on any atom is 0.249 e. The third kappa shape index (κ3) is 3.11. The second-order valence-electron chi connectivity index (χ2n) is 7.24. The monoisotopic (exact) mass is 466 g/mol. The molecule has 3 aliphatic heterocycles. The smallest absolute Gasteiger partial charge is 0.249 e. The number of hydrogen-bond donors (Lipinski definition) is 1. The summed E-state index contributed by atoms with van der Waals surface area (Å²) in [5.41, 5.74) is 4.43. The quantitative estimate of drug-likeness (QED) is 0.312. The predicted octanol–water partition coefficient (Wildman–Crippen LogP) is 1.79. The van der Waals surface area contributed by atoms with Gasteiger partial charge in [0.25, 0.3) is 0 Å². The van der Waals surface area contributed by atoms with Crippen LogP contribution in [0.4, 0.5) is 5.69 Å². The summed E-state index contributed by atoms with van der Waals surface area (Å²) >= 11 is 2.49. The number of carbonyl (C=O) groups excluding carboxylic acids is 2. The highest BCUT2D eigenvalue weighted by Crippen LogP contribution is 2.37. The van der Waals surface area contributed by atoms with Crippen molar-refractivity contribution in [2.75, 3.05) is 31.6 Å². The van der Waals surface area contributed by atoms with Gasteiger partial charge in [-0.15, -0.1) is 0 Å². The number of nitrogens with zero attached hydrogens (tertiary/aromatic N) is 3. The molecule has 0 spiro atoms. The Balaban J connectivity index is 1.53. The second-order valence-corrected chi connectivity index (χ2v) is 8.68. The summed E-state index contributed by atoms with van der Waals surface area (Å²) in [6, 6.07) is 6.21. The Bertz CT molecular complexity index is 781. The lowest BCUT2D eigenvalue weighted by Gasteiger charge is -2.38. The number of alkyl halides is 1. The molecule has 1 N–H and O–H groups in total. The van der Waals surface area contributed by atoms with Crippen LogP contribution in [0.25, 0.3) is 5.70 Å². The summed E-state index contributed by atoms with van der Waals surface area (Å²) < 4.78 is 0.504. The van der Waals surface area contributed by atoms with Crippen LogP contribution in [-0.4, -0.2) is 58.4 Å². The van der Waals surface area contributed by atoms with E-state index in [0.717, 1.165) is 30.9 Å². The SMILES string of the molecule is C=C1c2ccc(N3CCN(C)C(I)C3)cc2CN1C1CCC(=O)NC1=O. The summed E-state index contributed by atoms with van der Waals surface area (Å²) in [6.45, 7) is 7.97.